The van der Waals surface area contributed by atoms with Gasteiger partial charge in [0.15, 0.2) is 0 Å². The Morgan fingerprint density at radius 1 is 0.120 bits per heavy atom. The lowest BCUT2D eigenvalue weighted by Crippen LogP contribution is -2.57. The second kappa shape index (κ2) is 31.5. The molecular weight excluding hydrogens is 1820 g/mol. The maximum Gasteiger partial charge on any atom is 0.260 e. The molecule has 0 fully saturated rings. The lowest BCUT2D eigenvalue weighted by atomic mass is 9.35. The van der Waals surface area contributed by atoms with Crippen LogP contribution in [0.25, 0.3) is 122 Å². The van der Waals surface area contributed by atoms with Crippen molar-refractivity contribution in [3.63, 3.8) is 0 Å². The molecule has 0 atom stereocenters. The van der Waals surface area contributed by atoms with Gasteiger partial charge in [-0.15, -0.1) is 0 Å². The van der Waals surface area contributed by atoms with E-state index in [1.807, 2.05) is 48.5 Å². The summed E-state index contributed by atoms with van der Waals surface area (Å²) in [5.74, 6) is 10.6. The van der Waals surface area contributed by atoms with E-state index in [-0.39, 0.29) is 25.6 Å². The minimum absolute atomic E-state index is 0.0230. The molecule has 0 bridgehead atoms. The number of ether oxygens (including phenoxy) is 6. The van der Waals surface area contributed by atoms with Crippen LogP contribution in [0.2, 0.25) is 0 Å². The topological polar surface area (TPSA) is 55.4 Å². The fourth-order valence-electron chi connectivity index (χ4n) is 28.3. The van der Waals surface area contributed by atoms with E-state index < -0.39 is 10.8 Å². The summed E-state index contributed by atoms with van der Waals surface area (Å²) >= 11 is 0. The third kappa shape index (κ3) is 11.4. The number of fused-ring (bicyclic) bond motifs is 42. The molecule has 6 aliphatic carbocycles. The van der Waals surface area contributed by atoms with Crippen molar-refractivity contribution in [3.05, 3.63) is 570 Å². The van der Waals surface area contributed by atoms with Gasteiger partial charge in [0.2, 0.25) is 0 Å². The molecule has 0 saturated heterocycles. The summed E-state index contributed by atoms with van der Waals surface area (Å²) in [6.45, 7) is 0.137. The van der Waals surface area contributed by atoms with Crippen molar-refractivity contribution >= 4 is 69.3 Å². The van der Waals surface area contributed by atoms with Crippen LogP contribution >= 0.6 is 0 Å². The minimum atomic E-state index is -0.441. The fourth-order valence-corrected chi connectivity index (χ4v) is 28.3. The standard InChI is InChI=1S/2C49H29BO2.C43H25BO2/c1-2-11-30(12-3-1)31-21-24-36-37-25-22-32(28-41(37)49(40(36)27-31)38-15-6-4-13-34(38)35-14-5-7-16-39(35)49)33-23-26-45-43(29-33)50-42-17-8-9-18-44(42)51-46-19-10-20-47(52-45)48(46)50;1-2-11-30(12-3-1)31-21-24-36-37-25-22-32(28-41(37)49(40(36)27-31)38-15-6-4-13-34(38)35-14-5-7-16-39(35)49)33-23-26-43-47(29-33)52-46-20-10-19-45-48(46)50(43)42-17-8-9-18-44(42)51-45;1-4-15-31-28(11-1)29-12-2-5-16-32(29)43(31)33-17-6-3-13-30(33)41-27(14-9-18-34(41)43)26-23-24-36-40(25-26)46-39-22-10-21-38-42(39)44(36)35-19-7-8-20-37(35)45-38/h2*1-29H;1-25H. The highest BCUT2D eigenvalue weighted by molar-refractivity contribution is 6.99. The van der Waals surface area contributed by atoms with Crippen molar-refractivity contribution in [1.82, 2.24) is 0 Å². The first-order valence-electron chi connectivity index (χ1n) is 52.0. The molecule has 35 rings (SSSR count). The third-order valence-corrected chi connectivity index (χ3v) is 34.3. The molecule has 23 aromatic rings. The van der Waals surface area contributed by atoms with Crippen molar-refractivity contribution in [2.24, 2.45) is 0 Å². The van der Waals surface area contributed by atoms with Gasteiger partial charge in [-0.05, 0) is 319 Å². The Morgan fingerprint density at radius 2 is 0.347 bits per heavy atom. The van der Waals surface area contributed by atoms with Crippen molar-refractivity contribution in [2.45, 2.75) is 16.2 Å². The Bertz CT molecular complexity index is 9720. The van der Waals surface area contributed by atoms with Crippen LogP contribution in [0.15, 0.2) is 504 Å². The molecule has 6 nitrogen and oxygen atoms in total. The number of hydrogen-bond acceptors (Lipinski definition) is 6. The zero-order chi connectivity index (χ0) is 97.9. The number of rotatable bonds is 5. The second-order valence-electron chi connectivity index (χ2n) is 41.4. The van der Waals surface area contributed by atoms with Gasteiger partial charge in [-0.2, -0.15) is 0 Å². The van der Waals surface area contributed by atoms with Crippen LogP contribution in [-0.2, 0) is 16.2 Å². The summed E-state index contributed by atoms with van der Waals surface area (Å²) in [5.41, 5.74) is 52.9. The first-order valence-corrected chi connectivity index (χ1v) is 52.0. The van der Waals surface area contributed by atoms with E-state index in [4.69, 9.17) is 28.4 Å². The van der Waals surface area contributed by atoms with Crippen LogP contribution < -0.4 is 77.6 Å². The van der Waals surface area contributed by atoms with Crippen molar-refractivity contribution in [3.8, 4) is 191 Å². The Labute approximate surface area is 869 Å². The first kappa shape index (κ1) is 83.4. The molecule has 0 unspecified atom stereocenters. The van der Waals surface area contributed by atoms with E-state index in [0.717, 1.165) is 107 Å². The van der Waals surface area contributed by atoms with Gasteiger partial charge in [-0.25, -0.2) is 0 Å². The second-order valence-corrected chi connectivity index (χ2v) is 41.4. The zero-order valence-corrected chi connectivity index (χ0v) is 81.1. The summed E-state index contributed by atoms with van der Waals surface area (Å²) in [7, 11) is 0. The number of hydrogen-bond donors (Lipinski definition) is 0. The van der Waals surface area contributed by atoms with Crippen molar-refractivity contribution in [2.75, 3.05) is 0 Å². The highest BCUT2D eigenvalue weighted by atomic mass is 16.5. The highest BCUT2D eigenvalue weighted by Gasteiger charge is 2.57. The number of benzene rings is 23. The Hall–Kier alpha value is -18.9. The van der Waals surface area contributed by atoms with Crippen LogP contribution in [0.5, 0.6) is 69.0 Å². The quantitative estimate of drug-likeness (QED) is 0.160. The van der Waals surface area contributed by atoms with Gasteiger partial charge < -0.3 is 28.4 Å². The Balaban J connectivity index is 0.0000000976. The Kier molecular flexibility index (Phi) is 17.5. The fraction of sp³-hybridized carbons (Fsp3) is 0.0213. The van der Waals surface area contributed by atoms with Gasteiger partial charge in [0.1, 0.15) is 69.0 Å². The molecule has 0 N–H and O–H groups in total. The summed E-state index contributed by atoms with van der Waals surface area (Å²) in [6.07, 6.45) is 0. The maximum absolute atomic E-state index is 6.71. The predicted molar refractivity (Wildman–Crippen MR) is 608 cm³/mol. The van der Waals surface area contributed by atoms with Gasteiger partial charge in [-0.1, -0.05) is 406 Å². The van der Waals surface area contributed by atoms with Gasteiger partial charge in [0, 0.05) is 16.4 Å². The van der Waals surface area contributed by atoms with Crippen molar-refractivity contribution < 1.29 is 28.4 Å². The average molecular weight is 1910 g/mol. The highest BCUT2D eigenvalue weighted by Crippen LogP contribution is 2.68. The normalized spacial score (nSPS) is 14.3. The number of para-hydroxylation sites is 3. The SMILES string of the molecule is c1ccc(-c2ccc3c(c2)C2(c4ccccc4-c4ccccc42)c2cc(-c4ccc5c(c4)B4c6ccccc6Oc6cccc(c64)O5)ccc2-3)cc1.c1ccc(-c2ccc3c(c2)C2(c4ccccc4-c4ccccc42)c2cc(-c4ccc5c(c4)Oc4cccc6c4B5c4ccccc4O6)ccc2-3)cc1.c1ccc2c(c1)Oc1cccc3c1B2c1ccc(-c2cccc4c2-c2ccccc2C42c4ccccc4-c4ccccc42)cc1O3. The zero-order valence-electron chi connectivity index (χ0n) is 81.1. The van der Waals surface area contributed by atoms with Crippen molar-refractivity contribution in [1.29, 1.82) is 0 Å². The summed E-state index contributed by atoms with van der Waals surface area (Å²) in [6, 6.07) is 184. The van der Waals surface area contributed by atoms with E-state index in [2.05, 4.69) is 455 Å². The molecule has 9 heteroatoms. The van der Waals surface area contributed by atoms with Crippen LogP contribution in [0.3, 0.4) is 0 Å². The molecule has 150 heavy (non-hydrogen) atoms. The molecule has 12 aliphatic rings. The summed E-state index contributed by atoms with van der Waals surface area (Å²) in [4.78, 5) is 0. The summed E-state index contributed by atoms with van der Waals surface area (Å²) < 4.78 is 39.1. The minimum Gasteiger partial charge on any atom is -0.458 e. The average Bonchev–Trinajstić information content (AvgIpc) is 1.52. The van der Waals surface area contributed by atoms with Gasteiger partial charge in [-0.3, -0.25) is 0 Å². The Morgan fingerprint density at radius 3 is 0.727 bits per heavy atom. The van der Waals surface area contributed by atoms with Gasteiger partial charge in [0.05, 0.1) is 16.2 Å². The maximum atomic E-state index is 6.71. The molecule has 6 heterocycles. The molecule has 6 aliphatic heterocycles. The van der Waals surface area contributed by atoms with Crippen LogP contribution in [0.1, 0.15) is 66.8 Å². The lowest BCUT2D eigenvalue weighted by molar-refractivity contribution is 0.464. The molecule has 0 amide bonds. The third-order valence-electron chi connectivity index (χ3n) is 34.3. The molecule has 0 aromatic heterocycles. The molecule has 0 radical (unpaired) electrons. The molecular formula is C141H83B3O6. The molecule has 23 aromatic carbocycles. The van der Waals surface area contributed by atoms with E-state index in [1.54, 1.807) is 0 Å². The smallest absolute Gasteiger partial charge is 0.260 e. The monoisotopic (exact) mass is 1900 g/mol. The van der Waals surface area contributed by atoms with E-state index >= 15 is 0 Å². The van der Waals surface area contributed by atoms with E-state index in [1.165, 1.54) is 200 Å². The predicted octanol–water partition coefficient (Wildman–Crippen LogP) is 28.6. The van der Waals surface area contributed by atoms with Crippen LogP contribution in [-0.4, -0.2) is 20.1 Å². The van der Waals surface area contributed by atoms with E-state index in [0.29, 0.717) is 0 Å². The van der Waals surface area contributed by atoms with Gasteiger partial charge in [0.25, 0.3) is 20.1 Å². The largest absolute Gasteiger partial charge is 0.458 e. The van der Waals surface area contributed by atoms with E-state index in [9.17, 15) is 0 Å². The lowest BCUT2D eigenvalue weighted by Gasteiger charge is -2.33. The molecule has 692 valence electrons. The van der Waals surface area contributed by atoms with Gasteiger partial charge >= 0.3 is 0 Å². The van der Waals surface area contributed by atoms with Crippen LogP contribution in [0, 0.1) is 0 Å². The van der Waals surface area contributed by atoms with Crippen LogP contribution in [0.4, 0.5) is 0 Å². The first-order chi connectivity index (χ1) is 74.4. The summed E-state index contributed by atoms with van der Waals surface area (Å²) in [5, 5.41) is 0. The molecule has 3 spiro atoms. The molecule has 0 saturated carbocycles.